The molecule has 0 radical (unpaired) electrons. The van der Waals surface area contributed by atoms with Gasteiger partial charge in [0.2, 0.25) is 0 Å². The molecule has 0 aliphatic carbocycles. The smallest absolute Gasteiger partial charge is 0.257 e. The number of hydrogen-bond donors (Lipinski definition) is 0. The minimum atomic E-state index is 0.0324. The Kier molecular flexibility index (Phi) is 4.98. The molecule has 5 nitrogen and oxygen atoms in total. The third-order valence-electron chi connectivity index (χ3n) is 4.23. The van der Waals surface area contributed by atoms with Crippen molar-refractivity contribution in [2.24, 2.45) is 0 Å². The van der Waals surface area contributed by atoms with E-state index in [-0.39, 0.29) is 12.0 Å². The summed E-state index contributed by atoms with van der Waals surface area (Å²) in [6, 6.07) is 7.65. The van der Waals surface area contributed by atoms with E-state index >= 15 is 0 Å². The molecule has 3 rings (SSSR count). The van der Waals surface area contributed by atoms with Crippen LogP contribution in [0, 0.1) is 0 Å². The number of nitrogens with zero attached hydrogens (tertiary/aromatic N) is 3. The van der Waals surface area contributed by atoms with Crippen molar-refractivity contribution in [3.63, 3.8) is 0 Å². The fourth-order valence-electron chi connectivity index (χ4n) is 2.84. The summed E-state index contributed by atoms with van der Waals surface area (Å²) in [4.78, 5) is 14.4. The van der Waals surface area contributed by atoms with E-state index in [4.69, 9.17) is 16.3 Å². The summed E-state index contributed by atoms with van der Waals surface area (Å²) in [6.07, 6.45) is 5.45. The molecule has 0 saturated carbocycles. The highest BCUT2D eigenvalue weighted by atomic mass is 35.5. The van der Waals surface area contributed by atoms with Crippen LogP contribution in [0.1, 0.15) is 28.8 Å². The number of amides is 1. The van der Waals surface area contributed by atoms with Crippen LogP contribution in [-0.2, 0) is 11.3 Å². The van der Waals surface area contributed by atoms with Gasteiger partial charge in [0.25, 0.3) is 5.91 Å². The van der Waals surface area contributed by atoms with Crippen LogP contribution in [0.4, 0.5) is 0 Å². The number of likely N-dealkylation sites (tertiary alicyclic amines) is 1. The first-order valence-electron chi connectivity index (χ1n) is 7.75. The van der Waals surface area contributed by atoms with Gasteiger partial charge >= 0.3 is 0 Å². The van der Waals surface area contributed by atoms with E-state index < -0.39 is 0 Å². The third kappa shape index (κ3) is 3.74. The number of benzene rings is 1. The summed E-state index contributed by atoms with van der Waals surface area (Å²) in [7, 11) is 1.72. The molecule has 23 heavy (non-hydrogen) atoms. The third-order valence-corrected chi connectivity index (χ3v) is 4.60. The topological polar surface area (TPSA) is 47.4 Å². The monoisotopic (exact) mass is 333 g/mol. The normalized spacial score (nSPS) is 15.8. The van der Waals surface area contributed by atoms with Gasteiger partial charge in [-0.3, -0.25) is 9.48 Å². The summed E-state index contributed by atoms with van der Waals surface area (Å²) in [5, 5.41) is 4.99. The van der Waals surface area contributed by atoms with E-state index in [1.54, 1.807) is 24.2 Å². The molecule has 1 aliphatic rings. The van der Waals surface area contributed by atoms with E-state index in [0.29, 0.717) is 17.1 Å². The molecule has 1 fully saturated rings. The van der Waals surface area contributed by atoms with Crippen LogP contribution in [0.2, 0.25) is 5.02 Å². The first-order chi connectivity index (χ1) is 11.2. The highest BCUT2D eigenvalue weighted by molar-refractivity contribution is 6.31. The van der Waals surface area contributed by atoms with Crippen molar-refractivity contribution in [2.75, 3.05) is 20.2 Å². The van der Waals surface area contributed by atoms with Gasteiger partial charge in [0, 0.05) is 31.4 Å². The Morgan fingerprint density at radius 1 is 1.35 bits per heavy atom. The fraction of sp³-hybridized carbons (Fsp3) is 0.412. The average molecular weight is 334 g/mol. The van der Waals surface area contributed by atoms with Crippen molar-refractivity contribution in [2.45, 2.75) is 25.5 Å². The SMILES string of the molecule is COC1CCN(C(=O)c2cnn(Cc3ccccc3Cl)c2)CC1. The molecule has 1 aliphatic heterocycles. The molecular formula is C17H20ClN3O2. The number of carbonyl (C=O) groups is 1. The molecule has 0 N–H and O–H groups in total. The fourth-order valence-corrected chi connectivity index (χ4v) is 3.03. The number of rotatable bonds is 4. The van der Waals surface area contributed by atoms with Crippen molar-refractivity contribution in [1.29, 1.82) is 0 Å². The van der Waals surface area contributed by atoms with E-state index in [1.807, 2.05) is 29.2 Å². The van der Waals surface area contributed by atoms with Gasteiger partial charge in [-0.1, -0.05) is 29.8 Å². The van der Waals surface area contributed by atoms with Crippen molar-refractivity contribution < 1.29 is 9.53 Å². The lowest BCUT2D eigenvalue weighted by atomic mass is 10.1. The van der Waals surface area contributed by atoms with Gasteiger partial charge < -0.3 is 9.64 Å². The maximum Gasteiger partial charge on any atom is 0.257 e. The predicted molar refractivity (Wildman–Crippen MR) is 88.7 cm³/mol. The van der Waals surface area contributed by atoms with Crippen LogP contribution >= 0.6 is 11.6 Å². The Bertz CT molecular complexity index is 678. The zero-order chi connectivity index (χ0) is 16.2. The van der Waals surface area contributed by atoms with Gasteiger partial charge in [0.05, 0.1) is 24.4 Å². The lowest BCUT2D eigenvalue weighted by Gasteiger charge is -2.30. The van der Waals surface area contributed by atoms with Crippen LogP contribution in [-0.4, -0.2) is 46.9 Å². The van der Waals surface area contributed by atoms with Crippen LogP contribution in [0.15, 0.2) is 36.7 Å². The summed E-state index contributed by atoms with van der Waals surface area (Å²) in [5.74, 6) is 0.0324. The minimum Gasteiger partial charge on any atom is -0.381 e. The molecule has 1 saturated heterocycles. The van der Waals surface area contributed by atoms with Crippen molar-refractivity contribution in [3.05, 3.63) is 52.8 Å². The van der Waals surface area contributed by atoms with Crippen LogP contribution in [0.25, 0.3) is 0 Å². The number of piperidine rings is 1. The van der Waals surface area contributed by atoms with Crippen molar-refractivity contribution in [3.8, 4) is 0 Å². The van der Waals surface area contributed by atoms with Gasteiger partial charge in [-0.25, -0.2) is 0 Å². The molecule has 1 aromatic carbocycles. The van der Waals surface area contributed by atoms with Gasteiger partial charge in [0.1, 0.15) is 0 Å². The zero-order valence-electron chi connectivity index (χ0n) is 13.1. The molecule has 2 aromatic rings. The van der Waals surface area contributed by atoms with Crippen molar-refractivity contribution in [1.82, 2.24) is 14.7 Å². The Morgan fingerprint density at radius 2 is 2.09 bits per heavy atom. The number of halogens is 1. The number of ether oxygens (including phenoxy) is 1. The first kappa shape index (κ1) is 16.0. The molecule has 122 valence electrons. The van der Waals surface area contributed by atoms with Gasteiger partial charge in [-0.05, 0) is 24.5 Å². The van der Waals surface area contributed by atoms with Gasteiger partial charge in [0.15, 0.2) is 0 Å². The number of carbonyl (C=O) groups excluding carboxylic acids is 1. The van der Waals surface area contributed by atoms with E-state index in [0.717, 1.165) is 31.5 Å². The first-order valence-corrected chi connectivity index (χ1v) is 8.13. The molecular weight excluding hydrogens is 314 g/mol. The second kappa shape index (κ2) is 7.15. The Morgan fingerprint density at radius 3 is 2.78 bits per heavy atom. The molecule has 1 amide bonds. The maximum absolute atomic E-state index is 12.5. The molecule has 0 spiro atoms. The molecule has 0 unspecified atom stereocenters. The Labute approximate surface area is 140 Å². The number of aromatic nitrogens is 2. The number of hydrogen-bond acceptors (Lipinski definition) is 3. The standard InChI is InChI=1S/C17H20ClN3O2/c1-23-15-6-8-20(9-7-15)17(22)14-10-19-21(12-14)11-13-4-2-3-5-16(13)18/h2-5,10,12,15H,6-9,11H2,1H3. The lowest BCUT2D eigenvalue weighted by molar-refractivity contribution is 0.0350. The summed E-state index contributed by atoms with van der Waals surface area (Å²) < 4.78 is 7.09. The summed E-state index contributed by atoms with van der Waals surface area (Å²) >= 11 is 6.16. The molecule has 2 heterocycles. The van der Waals surface area contributed by atoms with Gasteiger partial charge in [-0.15, -0.1) is 0 Å². The van der Waals surface area contributed by atoms with E-state index in [2.05, 4.69) is 5.10 Å². The highest BCUT2D eigenvalue weighted by Crippen LogP contribution is 2.18. The highest BCUT2D eigenvalue weighted by Gasteiger charge is 2.24. The Hall–Kier alpha value is -1.85. The molecule has 0 bridgehead atoms. The van der Waals surface area contributed by atoms with E-state index in [1.165, 1.54) is 0 Å². The largest absolute Gasteiger partial charge is 0.381 e. The van der Waals surface area contributed by atoms with Crippen molar-refractivity contribution >= 4 is 17.5 Å². The molecule has 1 aromatic heterocycles. The average Bonchev–Trinajstić information content (AvgIpc) is 3.05. The predicted octanol–water partition coefficient (Wildman–Crippen LogP) is 2.84. The second-order valence-electron chi connectivity index (χ2n) is 5.75. The Balaban J connectivity index is 1.65. The second-order valence-corrected chi connectivity index (χ2v) is 6.15. The lowest BCUT2D eigenvalue weighted by Crippen LogP contribution is -2.40. The van der Waals surface area contributed by atoms with E-state index in [9.17, 15) is 4.79 Å². The van der Waals surface area contributed by atoms with Crippen LogP contribution in [0.5, 0.6) is 0 Å². The maximum atomic E-state index is 12.5. The van der Waals surface area contributed by atoms with Crippen LogP contribution < -0.4 is 0 Å². The minimum absolute atomic E-state index is 0.0324. The summed E-state index contributed by atoms with van der Waals surface area (Å²) in [5.41, 5.74) is 1.60. The zero-order valence-corrected chi connectivity index (χ0v) is 13.9. The van der Waals surface area contributed by atoms with Crippen LogP contribution in [0.3, 0.4) is 0 Å². The summed E-state index contributed by atoms with van der Waals surface area (Å²) in [6.45, 7) is 2.01. The molecule has 0 atom stereocenters. The number of methoxy groups -OCH3 is 1. The van der Waals surface area contributed by atoms with Gasteiger partial charge in [-0.2, -0.15) is 5.10 Å². The molecule has 6 heteroatoms. The quantitative estimate of drug-likeness (QED) is 0.864.